The quantitative estimate of drug-likeness (QED) is 0.711. The summed E-state index contributed by atoms with van der Waals surface area (Å²) in [5.41, 5.74) is 1.23. The first kappa shape index (κ1) is 18.1. The molecule has 0 atom stereocenters. The zero-order chi connectivity index (χ0) is 17.4. The Kier molecular flexibility index (Phi) is 6.89. The van der Waals surface area contributed by atoms with Crippen LogP contribution >= 0.6 is 15.9 Å². The molecule has 7 heteroatoms. The maximum absolute atomic E-state index is 12.3. The van der Waals surface area contributed by atoms with Gasteiger partial charge in [0.25, 0.3) is 11.8 Å². The smallest absolute Gasteiger partial charge is 0.269 e. The first-order valence-corrected chi connectivity index (χ1v) is 8.19. The van der Waals surface area contributed by atoms with Gasteiger partial charge in [0.15, 0.2) is 0 Å². The number of methoxy groups -OCH3 is 1. The molecule has 2 N–H and O–H groups in total. The van der Waals surface area contributed by atoms with Crippen LogP contribution in [0.4, 0.5) is 5.69 Å². The van der Waals surface area contributed by atoms with Gasteiger partial charge in [-0.2, -0.15) is 0 Å². The van der Waals surface area contributed by atoms with Gasteiger partial charge < -0.3 is 15.4 Å². The molecule has 0 fully saturated rings. The highest BCUT2D eigenvalue weighted by Gasteiger charge is 2.12. The maximum atomic E-state index is 12.3. The van der Waals surface area contributed by atoms with Gasteiger partial charge in [0.1, 0.15) is 5.69 Å². The number of anilines is 1. The topological polar surface area (TPSA) is 80.3 Å². The summed E-state index contributed by atoms with van der Waals surface area (Å²) in [5, 5.41) is 5.52. The van der Waals surface area contributed by atoms with Crippen LogP contribution in [0.5, 0.6) is 0 Å². The number of carbonyl (C=O) groups is 2. The van der Waals surface area contributed by atoms with E-state index in [1.807, 2.05) is 12.1 Å². The van der Waals surface area contributed by atoms with Crippen LogP contribution in [0.1, 0.15) is 27.3 Å². The molecule has 1 heterocycles. The number of hydrogen-bond donors (Lipinski definition) is 2. The number of nitrogens with one attached hydrogen (secondary N) is 2. The van der Waals surface area contributed by atoms with E-state index in [9.17, 15) is 9.59 Å². The van der Waals surface area contributed by atoms with Gasteiger partial charge in [-0.3, -0.25) is 14.6 Å². The predicted octanol–water partition coefficient (Wildman–Crippen LogP) is 2.86. The SMILES string of the molecule is COCCCNC(=O)c1cc(C(=O)Nc2cccc(Br)c2)ccn1. The largest absolute Gasteiger partial charge is 0.385 e. The lowest BCUT2D eigenvalue weighted by atomic mass is 10.2. The molecule has 2 aromatic rings. The Morgan fingerprint density at radius 1 is 1.21 bits per heavy atom. The van der Waals surface area contributed by atoms with Gasteiger partial charge in [0.05, 0.1) is 0 Å². The normalized spacial score (nSPS) is 10.2. The van der Waals surface area contributed by atoms with E-state index in [0.29, 0.717) is 30.8 Å². The summed E-state index contributed by atoms with van der Waals surface area (Å²) in [6.45, 7) is 1.06. The zero-order valence-electron chi connectivity index (χ0n) is 13.2. The van der Waals surface area contributed by atoms with E-state index in [-0.39, 0.29) is 17.5 Å². The van der Waals surface area contributed by atoms with Crippen LogP contribution in [-0.4, -0.2) is 37.1 Å². The van der Waals surface area contributed by atoms with Gasteiger partial charge >= 0.3 is 0 Å². The van der Waals surface area contributed by atoms with Crippen molar-refractivity contribution in [2.75, 3.05) is 25.6 Å². The van der Waals surface area contributed by atoms with Crippen LogP contribution in [0, 0.1) is 0 Å². The molecule has 0 saturated heterocycles. The van der Waals surface area contributed by atoms with Crippen molar-refractivity contribution in [2.45, 2.75) is 6.42 Å². The fourth-order valence-electron chi connectivity index (χ4n) is 1.97. The van der Waals surface area contributed by atoms with Gasteiger partial charge in [-0.25, -0.2) is 0 Å². The number of pyridine rings is 1. The van der Waals surface area contributed by atoms with Gasteiger partial charge in [-0.1, -0.05) is 22.0 Å². The second kappa shape index (κ2) is 9.14. The summed E-state index contributed by atoms with van der Waals surface area (Å²) in [7, 11) is 1.61. The van der Waals surface area contributed by atoms with Crippen LogP contribution in [-0.2, 0) is 4.74 Å². The van der Waals surface area contributed by atoms with E-state index in [2.05, 4.69) is 31.5 Å². The van der Waals surface area contributed by atoms with Crippen LogP contribution in [0.25, 0.3) is 0 Å². The van der Waals surface area contributed by atoms with Crippen molar-refractivity contribution in [1.29, 1.82) is 0 Å². The Hall–Kier alpha value is -2.25. The molecule has 24 heavy (non-hydrogen) atoms. The van der Waals surface area contributed by atoms with Crippen LogP contribution in [0.2, 0.25) is 0 Å². The van der Waals surface area contributed by atoms with Crippen LogP contribution in [0.3, 0.4) is 0 Å². The lowest BCUT2D eigenvalue weighted by Crippen LogP contribution is -2.26. The summed E-state index contributed by atoms with van der Waals surface area (Å²) in [5.74, 6) is -0.618. The zero-order valence-corrected chi connectivity index (χ0v) is 14.8. The van der Waals surface area contributed by atoms with Gasteiger partial charge in [0.2, 0.25) is 0 Å². The number of hydrogen-bond acceptors (Lipinski definition) is 4. The second-order valence-electron chi connectivity index (χ2n) is 5.00. The molecule has 0 aliphatic rings. The fraction of sp³-hybridized carbons (Fsp3) is 0.235. The average molecular weight is 392 g/mol. The molecule has 0 radical (unpaired) electrons. The molecule has 2 rings (SSSR count). The molecule has 126 valence electrons. The number of ether oxygens (including phenoxy) is 1. The van der Waals surface area contributed by atoms with Crippen molar-refractivity contribution in [3.63, 3.8) is 0 Å². The predicted molar refractivity (Wildman–Crippen MR) is 95.2 cm³/mol. The maximum Gasteiger partial charge on any atom is 0.269 e. The molecule has 1 aromatic heterocycles. The van der Waals surface area contributed by atoms with Crippen molar-refractivity contribution >= 4 is 33.4 Å². The molecule has 0 aliphatic heterocycles. The Morgan fingerprint density at radius 2 is 2.04 bits per heavy atom. The monoisotopic (exact) mass is 391 g/mol. The minimum absolute atomic E-state index is 0.203. The third kappa shape index (κ3) is 5.43. The summed E-state index contributed by atoms with van der Waals surface area (Å²) in [4.78, 5) is 28.3. The number of nitrogens with zero attached hydrogens (tertiary/aromatic N) is 1. The highest BCUT2D eigenvalue weighted by Crippen LogP contribution is 2.16. The molecule has 0 spiro atoms. The first-order chi connectivity index (χ1) is 11.6. The number of amides is 2. The average Bonchev–Trinajstić information content (AvgIpc) is 2.58. The van der Waals surface area contributed by atoms with Gasteiger partial charge in [0, 0.05) is 42.2 Å². The third-order valence-corrected chi connectivity index (χ3v) is 3.64. The van der Waals surface area contributed by atoms with E-state index < -0.39 is 0 Å². The van der Waals surface area contributed by atoms with E-state index in [1.165, 1.54) is 12.3 Å². The molecule has 2 amide bonds. The summed E-state index contributed by atoms with van der Waals surface area (Å²) in [6, 6.07) is 10.3. The molecule has 6 nitrogen and oxygen atoms in total. The van der Waals surface area contributed by atoms with Gasteiger partial charge in [-0.15, -0.1) is 0 Å². The molecular formula is C17H18BrN3O3. The Bertz CT molecular complexity index is 722. The first-order valence-electron chi connectivity index (χ1n) is 7.40. The third-order valence-electron chi connectivity index (χ3n) is 3.15. The minimum Gasteiger partial charge on any atom is -0.385 e. The van der Waals surface area contributed by atoms with E-state index >= 15 is 0 Å². The van der Waals surface area contributed by atoms with Crippen molar-refractivity contribution in [3.8, 4) is 0 Å². The lowest BCUT2D eigenvalue weighted by molar-refractivity contribution is 0.0943. The highest BCUT2D eigenvalue weighted by molar-refractivity contribution is 9.10. The van der Waals surface area contributed by atoms with Crippen molar-refractivity contribution in [3.05, 3.63) is 58.3 Å². The molecule has 0 aliphatic carbocycles. The number of carbonyl (C=O) groups excluding carboxylic acids is 2. The summed E-state index contributed by atoms with van der Waals surface area (Å²) >= 11 is 3.35. The fourth-order valence-corrected chi connectivity index (χ4v) is 2.37. The summed E-state index contributed by atoms with van der Waals surface area (Å²) < 4.78 is 5.79. The Labute approximate surface area is 148 Å². The second-order valence-corrected chi connectivity index (χ2v) is 5.91. The Morgan fingerprint density at radius 3 is 2.79 bits per heavy atom. The summed E-state index contributed by atoms with van der Waals surface area (Å²) in [6.07, 6.45) is 2.16. The number of halogens is 1. The van der Waals surface area contributed by atoms with Crippen molar-refractivity contribution in [2.24, 2.45) is 0 Å². The van der Waals surface area contributed by atoms with E-state index in [0.717, 1.165) is 4.47 Å². The Balaban J connectivity index is 2.01. The minimum atomic E-state index is -0.316. The molecule has 0 bridgehead atoms. The number of aromatic nitrogens is 1. The van der Waals surface area contributed by atoms with Crippen LogP contribution < -0.4 is 10.6 Å². The van der Waals surface area contributed by atoms with Gasteiger partial charge in [-0.05, 0) is 36.8 Å². The molecular weight excluding hydrogens is 374 g/mol. The highest BCUT2D eigenvalue weighted by atomic mass is 79.9. The lowest BCUT2D eigenvalue weighted by Gasteiger charge is -2.07. The van der Waals surface area contributed by atoms with E-state index in [1.54, 1.807) is 25.3 Å². The number of benzene rings is 1. The van der Waals surface area contributed by atoms with Crippen molar-refractivity contribution < 1.29 is 14.3 Å². The van der Waals surface area contributed by atoms with E-state index in [4.69, 9.17) is 4.74 Å². The molecule has 0 saturated carbocycles. The van der Waals surface area contributed by atoms with Crippen molar-refractivity contribution in [1.82, 2.24) is 10.3 Å². The standard InChI is InChI=1S/C17H18BrN3O3/c1-24-9-3-7-20-17(23)15-10-12(6-8-19-15)16(22)21-14-5-2-4-13(18)11-14/h2,4-6,8,10-11H,3,7,9H2,1H3,(H,20,23)(H,21,22). The number of rotatable bonds is 7. The van der Waals surface area contributed by atoms with Crippen LogP contribution in [0.15, 0.2) is 47.1 Å². The molecule has 0 unspecified atom stereocenters. The molecule has 1 aromatic carbocycles.